The molecule has 0 radical (unpaired) electrons. The molecule has 8 heteroatoms. The molecule has 2 N–H and O–H groups in total. The Labute approximate surface area is 171 Å². The molecule has 162 valence electrons. The number of hydrogen-bond donors (Lipinski definition) is 2. The van der Waals surface area contributed by atoms with Crippen molar-refractivity contribution in [3.63, 3.8) is 0 Å². The third kappa shape index (κ3) is 7.34. The van der Waals surface area contributed by atoms with Crippen LogP contribution < -0.4 is 20.3 Å². The van der Waals surface area contributed by atoms with Gasteiger partial charge in [0.2, 0.25) is 0 Å². The van der Waals surface area contributed by atoms with Crippen molar-refractivity contribution in [2.75, 3.05) is 44.3 Å². The molecule has 0 amide bonds. The van der Waals surface area contributed by atoms with Crippen molar-refractivity contribution in [3.8, 4) is 5.75 Å². The fourth-order valence-electron chi connectivity index (χ4n) is 3.42. The Kier molecular flexibility index (Phi) is 8.34. The lowest BCUT2D eigenvalue weighted by Gasteiger charge is -2.22. The van der Waals surface area contributed by atoms with Crippen LogP contribution in [0.3, 0.4) is 0 Å². The molecule has 1 heterocycles. The number of nitrogens with one attached hydrogen (secondary N) is 2. The van der Waals surface area contributed by atoms with Crippen LogP contribution in [0.25, 0.3) is 0 Å². The van der Waals surface area contributed by atoms with Crippen LogP contribution in [-0.2, 0) is 4.74 Å². The SMILES string of the molecule is CCNC(=NCCCOCC1CC1)NC1CCN(c2ccccc2OC(F)F)C1. The molecule has 2 fully saturated rings. The summed E-state index contributed by atoms with van der Waals surface area (Å²) in [5, 5.41) is 6.74. The van der Waals surface area contributed by atoms with E-state index in [0.29, 0.717) is 18.8 Å². The summed E-state index contributed by atoms with van der Waals surface area (Å²) in [6.07, 6.45) is 4.42. The van der Waals surface area contributed by atoms with Crippen molar-refractivity contribution in [3.05, 3.63) is 24.3 Å². The first-order valence-corrected chi connectivity index (χ1v) is 10.6. The van der Waals surface area contributed by atoms with Crippen LogP contribution in [0.1, 0.15) is 32.6 Å². The molecule has 3 rings (SSSR count). The summed E-state index contributed by atoms with van der Waals surface area (Å²) in [4.78, 5) is 6.71. The molecule has 1 saturated heterocycles. The van der Waals surface area contributed by atoms with Gasteiger partial charge in [-0.2, -0.15) is 8.78 Å². The Bertz CT molecular complexity index is 655. The first kappa shape index (κ1) is 21.6. The highest BCUT2D eigenvalue weighted by Gasteiger charge is 2.26. The molecule has 1 aromatic rings. The number of hydrogen-bond acceptors (Lipinski definition) is 4. The summed E-state index contributed by atoms with van der Waals surface area (Å²) in [7, 11) is 0. The minimum absolute atomic E-state index is 0.193. The van der Waals surface area contributed by atoms with E-state index in [-0.39, 0.29) is 11.8 Å². The summed E-state index contributed by atoms with van der Waals surface area (Å²) < 4.78 is 35.7. The Hall–Kier alpha value is -2.09. The van der Waals surface area contributed by atoms with E-state index in [1.807, 2.05) is 19.1 Å². The Morgan fingerprint density at radius 2 is 2.10 bits per heavy atom. The predicted molar refractivity (Wildman–Crippen MR) is 111 cm³/mol. The molecule has 2 aliphatic rings. The van der Waals surface area contributed by atoms with Gasteiger partial charge in [-0.15, -0.1) is 0 Å². The highest BCUT2D eigenvalue weighted by molar-refractivity contribution is 5.80. The number of para-hydroxylation sites is 2. The first-order valence-electron chi connectivity index (χ1n) is 10.6. The number of ether oxygens (including phenoxy) is 2. The van der Waals surface area contributed by atoms with Crippen molar-refractivity contribution < 1.29 is 18.3 Å². The van der Waals surface area contributed by atoms with E-state index in [1.165, 1.54) is 12.8 Å². The van der Waals surface area contributed by atoms with Gasteiger partial charge in [-0.05, 0) is 50.7 Å². The van der Waals surface area contributed by atoms with Crippen LogP contribution in [0.5, 0.6) is 5.75 Å². The molecule has 1 aliphatic heterocycles. The van der Waals surface area contributed by atoms with Gasteiger partial charge in [0.15, 0.2) is 5.96 Å². The number of nitrogens with zero attached hydrogens (tertiary/aromatic N) is 2. The van der Waals surface area contributed by atoms with Gasteiger partial charge < -0.3 is 25.0 Å². The number of halogens is 2. The van der Waals surface area contributed by atoms with Crippen LogP contribution in [0.4, 0.5) is 14.5 Å². The van der Waals surface area contributed by atoms with E-state index >= 15 is 0 Å². The molecule has 1 unspecified atom stereocenters. The van der Waals surface area contributed by atoms with Gasteiger partial charge in [0.25, 0.3) is 0 Å². The number of anilines is 1. The summed E-state index contributed by atoms with van der Waals surface area (Å²) >= 11 is 0. The largest absolute Gasteiger partial charge is 0.433 e. The third-order valence-electron chi connectivity index (χ3n) is 5.06. The van der Waals surface area contributed by atoms with E-state index < -0.39 is 6.61 Å². The topological polar surface area (TPSA) is 58.1 Å². The average molecular weight is 411 g/mol. The summed E-state index contributed by atoms with van der Waals surface area (Å²) in [5.74, 6) is 1.80. The number of alkyl halides is 2. The second kappa shape index (κ2) is 11.2. The molecule has 1 atom stereocenters. The van der Waals surface area contributed by atoms with Gasteiger partial charge in [-0.1, -0.05) is 12.1 Å². The zero-order chi connectivity index (χ0) is 20.5. The van der Waals surface area contributed by atoms with E-state index in [0.717, 1.165) is 51.0 Å². The van der Waals surface area contributed by atoms with E-state index in [9.17, 15) is 8.78 Å². The minimum Gasteiger partial charge on any atom is -0.433 e. The number of aliphatic imine (C=N–C) groups is 1. The number of benzene rings is 1. The van der Waals surface area contributed by atoms with Crippen molar-refractivity contribution in [2.45, 2.75) is 45.3 Å². The highest BCUT2D eigenvalue weighted by Crippen LogP contribution is 2.31. The van der Waals surface area contributed by atoms with Crippen LogP contribution in [0.2, 0.25) is 0 Å². The van der Waals surface area contributed by atoms with Crippen LogP contribution in [-0.4, -0.2) is 58.0 Å². The van der Waals surface area contributed by atoms with Gasteiger partial charge in [-0.3, -0.25) is 4.99 Å². The second-order valence-electron chi connectivity index (χ2n) is 7.55. The van der Waals surface area contributed by atoms with Crippen molar-refractivity contribution in [1.82, 2.24) is 10.6 Å². The zero-order valence-electron chi connectivity index (χ0n) is 17.1. The maximum absolute atomic E-state index is 12.7. The Morgan fingerprint density at radius 3 is 2.86 bits per heavy atom. The number of rotatable bonds is 11. The van der Waals surface area contributed by atoms with Crippen LogP contribution in [0.15, 0.2) is 29.3 Å². The van der Waals surface area contributed by atoms with Crippen molar-refractivity contribution in [2.24, 2.45) is 10.9 Å². The smallest absolute Gasteiger partial charge is 0.387 e. The molecule has 1 aliphatic carbocycles. The van der Waals surface area contributed by atoms with Crippen LogP contribution in [0, 0.1) is 5.92 Å². The molecule has 6 nitrogen and oxygen atoms in total. The van der Waals surface area contributed by atoms with Gasteiger partial charge in [0, 0.05) is 45.4 Å². The lowest BCUT2D eigenvalue weighted by atomic mass is 10.2. The fourth-order valence-corrected chi connectivity index (χ4v) is 3.42. The van der Waals surface area contributed by atoms with Gasteiger partial charge in [0.05, 0.1) is 5.69 Å². The van der Waals surface area contributed by atoms with Crippen molar-refractivity contribution in [1.29, 1.82) is 0 Å². The molecule has 1 aromatic carbocycles. The Morgan fingerprint density at radius 1 is 1.28 bits per heavy atom. The van der Waals surface area contributed by atoms with E-state index in [1.54, 1.807) is 12.1 Å². The fraction of sp³-hybridized carbons (Fsp3) is 0.667. The monoisotopic (exact) mass is 410 g/mol. The van der Waals surface area contributed by atoms with Gasteiger partial charge in [0.1, 0.15) is 5.75 Å². The standard InChI is InChI=1S/C21H32F2N4O2/c1-2-24-21(25-11-5-13-28-15-16-8-9-16)26-17-10-12-27(14-17)18-6-3-4-7-19(18)29-20(22)23/h3-4,6-7,16-17,20H,2,5,8-15H2,1H3,(H2,24,25,26). The molecule has 0 bridgehead atoms. The molecule has 0 spiro atoms. The third-order valence-corrected chi connectivity index (χ3v) is 5.06. The van der Waals surface area contributed by atoms with Gasteiger partial charge in [-0.25, -0.2) is 0 Å². The molecule has 29 heavy (non-hydrogen) atoms. The minimum atomic E-state index is -2.83. The second-order valence-corrected chi connectivity index (χ2v) is 7.55. The lowest BCUT2D eigenvalue weighted by molar-refractivity contribution is -0.0495. The average Bonchev–Trinajstić information content (AvgIpc) is 3.41. The van der Waals surface area contributed by atoms with Crippen molar-refractivity contribution >= 4 is 11.6 Å². The van der Waals surface area contributed by atoms with Gasteiger partial charge >= 0.3 is 6.61 Å². The maximum atomic E-state index is 12.7. The Balaban J connectivity index is 1.46. The van der Waals surface area contributed by atoms with E-state index in [2.05, 4.69) is 25.3 Å². The molecule has 1 saturated carbocycles. The summed E-state index contributed by atoms with van der Waals surface area (Å²) in [5.41, 5.74) is 0.701. The highest BCUT2D eigenvalue weighted by atomic mass is 19.3. The maximum Gasteiger partial charge on any atom is 0.387 e. The predicted octanol–water partition coefficient (Wildman–Crippen LogP) is 3.24. The molecular formula is C21H32F2N4O2. The first-order chi connectivity index (χ1) is 14.2. The lowest BCUT2D eigenvalue weighted by Crippen LogP contribution is -2.44. The molecule has 0 aromatic heterocycles. The summed E-state index contributed by atoms with van der Waals surface area (Å²) in [6, 6.07) is 7.14. The molecular weight excluding hydrogens is 378 g/mol. The van der Waals surface area contributed by atoms with E-state index in [4.69, 9.17) is 4.74 Å². The summed E-state index contributed by atoms with van der Waals surface area (Å²) in [6.45, 7) is 3.82. The number of guanidine groups is 1. The zero-order valence-corrected chi connectivity index (χ0v) is 17.1. The quantitative estimate of drug-likeness (QED) is 0.333. The normalized spacial score (nSPS) is 19.7. The van der Waals surface area contributed by atoms with Crippen LogP contribution >= 0.6 is 0 Å².